The number of para-hydroxylation sites is 1. The zero-order valence-corrected chi connectivity index (χ0v) is 16.8. The van der Waals surface area contributed by atoms with Gasteiger partial charge in [-0.2, -0.15) is 0 Å². The van der Waals surface area contributed by atoms with E-state index in [0.717, 1.165) is 36.6 Å². The van der Waals surface area contributed by atoms with E-state index in [4.69, 9.17) is 0 Å². The van der Waals surface area contributed by atoms with Gasteiger partial charge in [-0.1, -0.05) is 43.2 Å². The molecule has 0 saturated carbocycles. The molecule has 1 heterocycles. The van der Waals surface area contributed by atoms with Crippen LogP contribution in [0.5, 0.6) is 0 Å². The monoisotopic (exact) mass is 394 g/mol. The van der Waals surface area contributed by atoms with E-state index >= 15 is 0 Å². The first-order chi connectivity index (χ1) is 13.7. The molecule has 5 heteroatoms. The number of benzene rings is 2. The Balaban J connectivity index is 1.81. The standard InChI is InChI=1S/C23H26N2O2S/c1-2-17-28-21-14-8-6-12-19(21)22(26)24-20-13-7-5-11-18(20)23(27)25-15-9-3-4-10-16-25/h2,5-8,11-14H,1,3-4,9-10,15-17H2,(H,24,26). The topological polar surface area (TPSA) is 49.4 Å². The van der Waals surface area contributed by atoms with Crippen LogP contribution in [0, 0.1) is 0 Å². The lowest BCUT2D eigenvalue weighted by Crippen LogP contribution is -2.32. The van der Waals surface area contributed by atoms with Gasteiger partial charge in [-0.25, -0.2) is 0 Å². The van der Waals surface area contributed by atoms with Crippen LogP contribution in [0.25, 0.3) is 0 Å². The fourth-order valence-corrected chi connectivity index (χ4v) is 4.13. The molecule has 1 aliphatic heterocycles. The predicted octanol–water partition coefficient (Wildman–Crippen LogP) is 5.23. The van der Waals surface area contributed by atoms with Crippen LogP contribution in [-0.4, -0.2) is 35.6 Å². The van der Waals surface area contributed by atoms with Gasteiger partial charge >= 0.3 is 0 Å². The summed E-state index contributed by atoms with van der Waals surface area (Å²) in [5, 5.41) is 2.95. The molecule has 146 valence electrons. The van der Waals surface area contributed by atoms with E-state index in [9.17, 15) is 9.59 Å². The maximum absolute atomic E-state index is 13.1. The van der Waals surface area contributed by atoms with Crippen molar-refractivity contribution in [1.29, 1.82) is 0 Å². The number of hydrogen-bond acceptors (Lipinski definition) is 3. The smallest absolute Gasteiger partial charge is 0.256 e. The molecule has 2 amide bonds. The molecule has 1 N–H and O–H groups in total. The van der Waals surface area contributed by atoms with E-state index in [-0.39, 0.29) is 11.8 Å². The molecule has 1 aliphatic rings. The molecule has 4 nitrogen and oxygen atoms in total. The summed E-state index contributed by atoms with van der Waals surface area (Å²) in [5.41, 5.74) is 1.71. The minimum absolute atomic E-state index is 0.00730. The Bertz CT molecular complexity index is 842. The number of anilines is 1. The summed E-state index contributed by atoms with van der Waals surface area (Å²) in [6.07, 6.45) is 6.22. The second-order valence-electron chi connectivity index (χ2n) is 6.80. The minimum atomic E-state index is -0.205. The van der Waals surface area contributed by atoms with Crippen LogP contribution < -0.4 is 5.32 Å². The molecule has 28 heavy (non-hydrogen) atoms. The zero-order chi connectivity index (χ0) is 19.8. The third-order valence-electron chi connectivity index (χ3n) is 4.79. The lowest BCUT2D eigenvalue weighted by molar-refractivity contribution is 0.0762. The van der Waals surface area contributed by atoms with Crippen LogP contribution in [0.1, 0.15) is 46.4 Å². The number of hydrogen-bond donors (Lipinski definition) is 1. The van der Waals surface area contributed by atoms with Crippen LogP contribution in [0.4, 0.5) is 5.69 Å². The molecule has 0 aromatic heterocycles. The van der Waals surface area contributed by atoms with Crippen molar-refractivity contribution >= 4 is 29.3 Å². The van der Waals surface area contributed by atoms with Gasteiger partial charge in [0.15, 0.2) is 0 Å². The second kappa shape index (κ2) is 10.1. The Kier molecular flexibility index (Phi) is 7.31. The Morgan fingerprint density at radius 1 is 0.964 bits per heavy atom. The summed E-state index contributed by atoms with van der Waals surface area (Å²) >= 11 is 1.57. The van der Waals surface area contributed by atoms with E-state index in [1.165, 1.54) is 12.8 Å². The molecule has 0 atom stereocenters. The molecule has 0 bridgehead atoms. The molecule has 1 fully saturated rings. The van der Waals surface area contributed by atoms with Crippen LogP contribution in [0.2, 0.25) is 0 Å². The maximum Gasteiger partial charge on any atom is 0.256 e. The first-order valence-electron chi connectivity index (χ1n) is 9.73. The van der Waals surface area contributed by atoms with Crippen molar-refractivity contribution in [3.05, 3.63) is 72.3 Å². The number of thioether (sulfide) groups is 1. The number of rotatable bonds is 6. The van der Waals surface area contributed by atoms with E-state index in [2.05, 4.69) is 11.9 Å². The molecule has 0 aliphatic carbocycles. The highest BCUT2D eigenvalue weighted by Gasteiger charge is 2.21. The third kappa shape index (κ3) is 5.04. The van der Waals surface area contributed by atoms with Gasteiger partial charge in [0.25, 0.3) is 11.8 Å². The summed E-state index contributed by atoms with van der Waals surface area (Å²) in [4.78, 5) is 28.8. The zero-order valence-electron chi connectivity index (χ0n) is 16.0. The lowest BCUT2D eigenvalue weighted by Gasteiger charge is -2.22. The molecule has 0 radical (unpaired) electrons. The van der Waals surface area contributed by atoms with Gasteiger partial charge in [-0.3, -0.25) is 9.59 Å². The van der Waals surface area contributed by atoms with Gasteiger partial charge in [0.2, 0.25) is 0 Å². The van der Waals surface area contributed by atoms with Gasteiger partial charge in [-0.05, 0) is 37.1 Å². The van der Waals surface area contributed by atoms with Crippen LogP contribution in [0.15, 0.2) is 66.1 Å². The first-order valence-corrected chi connectivity index (χ1v) is 10.7. The minimum Gasteiger partial charge on any atom is -0.339 e. The van der Waals surface area contributed by atoms with Gasteiger partial charge in [0, 0.05) is 23.7 Å². The molecule has 0 spiro atoms. The maximum atomic E-state index is 13.1. The Hall–Kier alpha value is -2.53. The highest BCUT2D eigenvalue weighted by molar-refractivity contribution is 7.99. The summed E-state index contributed by atoms with van der Waals surface area (Å²) in [6.45, 7) is 5.30. The lowest BCUT2D eigenvalue weighted by atomic mass is 10.1. The molecular weight excluding hydrogens is 368 g/mol. The number of nitrogens with zero attached hydrogens (tertiary/aromatic N) is 1. The summed E-state index contributed by atoms with van der Waals surface area (Å²) in [7, 11) is 0. The van der Waals surface area contributed by atoms with Crippen molar-refractivity contribution in [2.75, 3.05) is 24.2 Å². The number of amides is 2. The molecule has 2 aromatic rings. The van der Waals surface area contributed by atoms with Gasteiger partial charge in [-0.15, -0.1) is 18.3 Å². The highest BCUT2D eigenvalue weighted by atomic mass is 32.2. The number of likely N-dealkylation sites (tertiary alicyclic amines) is 1. The number of nitrogens with one attached hydrogen (secondary N) is 1. The van der Waals surface area contributed by atoms with Crippen LogP contribution >= 0.6 is 11.8 Å². The Morgan fingerprint density at radius 3 is 2.32 bits per heavy atom. The van der Waals surface area contributed by atoms with E-state index in [1.807, 2.05) is 41.3 Å². The quantitative estimate of drug-likeness (QED) is 0.539. The molecule has 0 unspecified atom stereocenters. The summed E-state index contributed by atoms with van der Waals surface area (Å²) in [5.74, 6) is 0.518. The predicted molar refractivity (Wildman–Crippen MR) is 116 cm³/mol. The van der Waals surface area contributed by atoms with E-state index in [0.29, 0.717) is 16.8 Å². The van der Waals surface area contributed by atoms with Gasteiger partial charge in [0.05, 0.1) is 16.8 Å². The van der Waals surface area contributed by atoms with Crippen molar-refractivity contribution in [3.63, 3.8) is 0 Å². The molecule has 2 aromatic carbocycles. The largest absolute Gasteiger partial charge is 0.339 e. The summed E-state index contributed by atoms with van der Waals surface area (Å²) < 4.78 is 0. The molecule has 3 rings (SSSR count). The van der Waals surface area contributed by atoms with Crippen molar-refractivity contribution in [3.8, 4) is 0 Å². The summed E-state index contributed by atoms with van der Waals surface area (Å²) in [6, 6.07) is 14.8. The fourth-order valence-electron chi connectivity index (χ4n) is 3.34. The van der Waals surface area contributed by atoms with Crippen molar-refractivity contribution in [2.24, 2.45) is 0 Å². The van der Waals surface area contributed by atoms with E-state index < -0.39 is 0 Å². The SMILES string of the molecule is C=CCSc1ccccc1C(=O)Nc1ccccc1C(=O)N1CCCCCC1. The normalized spacial score (nSPS) is 14.2. The van der Waals surface area contributed by atoms with Gasteiger partial charge in [0.1, 0.15) is 0 Å². The Morgan fingerprint density at radius 2 is 1.61 bits per heavy atom. The molecule has 1 saturated heterocycles. The van der Waals surface area contributed by atoms with Crippen molar-refractivity contribution in [2.45, 2.75) is 30.6 Å². The van der Waals surface area contributed by atoms with Crippen molar-refractivity contribution in [1.82, 2.24) is 4.90 Å². The van der Waals surface area contributed by atoms with E-state index in [1.54, 1.807) is 30.0 Å². The van der Waals surface area contributed by atoms with Crippen LogP contribution in [0.3, 0.4) is 0 Å². The number of carbonyl (C=O) groups excluding carboxylic acids is 2. The number of carbonyl (C=O) groups is 2. The second-order valence-corrected chi connectivity index (χ2v) is 7.86. The Labute approximate surface area is 171 Å². The average Bonchev–Trinajstić information content (AvgIpc) is 3.02. The van der Waals surface area contributed by atoms with Gasteiger partial charge < -0.3 is 10.2 Å². The van der Waals surface area contributed by atoms with Crippen molar-refractivity contribution < 1.29 is 9.59 Å². The highest BCUT2D eigenvalue weighted by Crippen LogP contribution is 2.25. The third-order valence-corrected chi connectivity index (χ3v) is 5.86. The fraction of sp³-hybridized carbons (Fsp3) is 0.304. The first kappa shape index (κ1) is 20.2. The average molecular weight is 395 g/mol. The molecular formula is C23H26N2O2S. The van der Waals surface area contributed by atoms with Crippen LogP contribution in [-0.2, 0) is 0 Å².